The van der Waals surface area contributed by atoms with Gasteiger partial charge in [0.25, 0.3) is 0 Å². The van der Waals surface area contributed by atoms with E-state index < -0.39 is 10.8 Å². The Labute approximate surface area is 73.0 Å². The fourth-order valence-corrected chi connectivity index (χ4v) is 1.34. The van der Waals surface area contributed by atoms with Crippen molar-refractivity contribution in [1.82, 2.24) is 0 Å². The Morgan fingerprint density at radius 3 is 2.42 bits per heavy atom. The third-order valence-corrected chi connectivity index (χ3v) is 2.40. The lowest BCUT2D eigenvalue weighted by atomic mass is 10.2. The molecule has 3 nitrogen and oxygen atoms in total. The van der Waals surface area contributed by atoms with Crippen LogP contribution in [0.4, 0.5) is 0 Å². The maximum atomic E-state index is 11.0. The van der Waals surface area contributed by atoms with Gasteiger partial charge >= 0.3 is 0 Å². The van der Waals surface area contributed by atoms with E-state index in [4.69, 9.17) is 10.5 Å². The van der Waals surface area contributed by atoms with Crippen LogP contribution in [0.25, 0.3) is 0 Å². The van der Waals surface area contributed by atoms with Crippen LogP contribution in [0, 0.1) is 5.41 Å². The van der Waals surface area contributed by atoms with Gasteiger partial charge in [-0.05, 0) is 17.7 Å². The first-order valence-electron chi connectivity index (χ1n) is 3.39. The lowest BCUT2D eigenvalue weighted by molar-refractivity contribution is 0.282. The van der Waals surface area contributed by atoms with Crippen LogP contribution in [0.5, 0.6) is 0 Å². The van der Waals surface area contributed by atoms with Crippen LogP contribution < -0.4 is 0 Å². The van der Waals surface area contributed by atoms with Crippen LogP contribution in [-0.2, 0) is 17.4 Å². The molecule has 0 saturated heterocycles. The highest BCUT2D eigenvalue weighted by molar-refractivity contribution is 7.98. The third-order valence-electron chi connectivity index (χ3n) is 1.45. The fraction of sp³-hybridized carbons (Fsp3) is 0.125. The molecule has 4 heteroatoms. The van der Waals surface area contributed by atoms with Crippen molar-refractivity contribution in [2.24, 2.45) is 0 Å². The van der Waals surface area contributed by atoms with E-state index in [0.29, 0.717) is 4.90 Å². The molecular weight excluding hydrogens is 174 g/mol. The van der Waals surface area contributed by atoms with Crippen LogP contribution in [0.15, 0.2) is 29.2 Å². The number of aliphatic hydroxyl groups is 1. The molecule has 2 N–H and O–H groups in total. The Kier molecular flexibility index (Phi) is 3.13. The minimum absolute atomic E-state index is 0.0164. The SMILES string of the molecule is N=CS(=O)c1ccc(CO)cc1. The molecule has 1 aromatic carbocycles. The summed E-state index contributed by atoms with van der Waals surface area (Å²) < 4.78 is 11.0. The summed E-state index contributed by atoms with van der Waals surface area (Å²) in [5.41, 5.74) is 1.66. The topological polar surface area (TPSA) is 61.2 Å². The van der Waals surface area contributed by atoms with Gasteiger partial charge < -0.3 is 5.11 Å². The number of nitrogens with one attached hydrogen (secondary N) is 1. The van der Waals surface area contributed by atoms with Crippen molar-refractivity contribution in [2.75, 3.05) is 0 Å². The average molecular weight is 183 g/mol. The summed E-state index contributed by atoms with van der Waals surface area (Å²) in [6.07, 6.45) is 0. The van der Waals surface area contributed by atoms with Gasteiger partial charge in [0, 0.05) is 4.90 Å². The number of hydrogen-bond donors (Lipinski definition) is 2. The van der Waals surface area contributed by atoms with Crippen LogP contribution in [0.3, 0.4) is 0 Å². The van der Waals surface area contributed by atoms with Crippen LogP contribution in [0.1, 0.15) is 5.56 Å². The molecule has 64 valence electrons. The molecule has 0 heterocycles. The van der Waals surface area contributed by atoms with Crippen molar-refractivity contribution >= 4 is 16.3 Å². The van der Waals surface area contributed by atoms with Crippen LogP contribution in [-0.4, -0.2) is 14.9 Å². The van der Waals surface area contributed by atoms with Gasteiger partial charge in [-0.3, -0.25) is 5.41 Å². The zero-order valence-corrected chi connectivity index (χ0v) is 7.17. The molecule has 0 aliphatic heterocycles. The maximum absolute atomic E-state index is 11.0. The Bertz CT molecular complexity index is 294. The first-order chi connectivity index (χ1) is 5.77. The second-order valence-corrected chi connectivity index (χ2v) is 3.52. The summed E-state index contributed by atoms with van der Waals surface area (Å²) in [5.74, 6) is 0. The Balaban J connectivity index is 2.91. The standard InChI is InChI=1S/C8H9NO2S/c9-6-12(11)8-3-1-7(5-10)2-4-8/h1-4,6,9-10H,5H2. The highest BCUT2D eigenvalue weighted by atomic mass is 32.2. The highest BCUT2D eigenvalue weighted by Crippen LogP contribution is 2.07. The quantitative estimate of drug-likeness (QED) is 0.540. The number of hydrogen-bond acceptors (Lipinski definition) is 3. The molecule has 1 aromatic rings. The second kappa shape index (κ2) is 4.13. The first-order valence-corrected chi connectivity index (χ1v) is 4.60. The molecule has 12 heavy (non-hydrogen) atoms. The zero-order chi connectivity index (χ0) is 8.97. The minimum Gasteiger partial charge on any atom is -0.392 e. The monoisotopic (exact) mass is 183 g/mol. The largest absolute Gasteiger partial charge is 0.392 e. The van der Waals surface area contributed by atoms with Crippen LogP contribution >= 0.6 is 0 Å². The molecule has 0 saturated carbocycles. The maximum Gasteiger partial charge on any atom is 0.0954 e. The molecule has 0 amide bonds. The molecular formula is C8H9NO2S. The van der Waals surface area contributed by atoms with Crippen LogP contribution in [0.2, 0.25) is 0 Å². The van der Waals surface area contributed by atoms with Crippen molar-refractivity contribution < 1.29 is 9.32 Å². The first kappa shape index (κ1) is 9.09. The lowest BCUT2D eigenvalue weighted by Crippen LogP contribution is -1.91. The predicted molar refractivity (Wildman–Crippen MR) is 47.6 cm³/mol. The van der Waals surface area contributed by atoms with E-state index >= 15 is 0 Å². The van der Waals surface area contributed by atoms with Crippen molar-refractivity contribution in [1.29, 1.82) is 5.41 Å². The van der Waals surface area contributed by atoms with Crippen molar-refractivity contribution in [3.63, 3.8) is 0 Å². The Morgan fingerprint density at radius 1 is 1.42 bits per heavy atom. The molecule has 0 bridgehead atoms. The molecule has 0 aliphatic carbocycles. The summed E-state index contributed by atoms with van der Waals surface area (Å²) in [6, 6.07) is 6.67. The van der Waals surface area contributed by atoms with E-state index in [1.165, 1.54) is 0 Å². The molecule has 0 aliphatic rings. The molecule has 0 fully saturated rings. The normalized spacial score (nSPS) is 12.4. The van der Waals surface area contributed by atoms with E-state index in [9.17, 15) is 4.21 Å². The smallest absolute Gasteiger partial charge is 0.0954 e. The summed E-state index contributed by atoms with van der Waals surface area (Å²) in [7, 11) is -1.34. The summed E-state index contributed by atoms with van der Waals surface area (Å²) in [6.45, 7) is -0.0164. The molecule has 0 aromatic heterocycles. The van der Waals surface area contributed by atoms with Gasteiger partial charge in [-0.25, -0.2) is 4.21 Å². The Hall–Kier alpha value is -1.00. The molecule has 1 rings (SSSR count). The predicted octanol–water partition coefficient (Wildman–Crippen LogP) is 0.894. The van der Waals surface area contributed by atoms with E-state index in [1.807, 2.05) is 0 Å². The summed E-state index contributed by atoms with van der Waals surface area (Å²) >= 11 is 0. The molecule has 0 spiro atoms. The highest BCUT2D eigenvalue weighted by Gasteiger charge is 1.98. The summed E-state index contributed by atoms with van der Waals surface area (Å²) in [5, 5.41) is 15.5. The van der Waals surface area contributed by atoms with E-state index in [1.54, 1.807) is 24.3 Å². The van der Waals surface area contributed by atoms with Crippen molar-refractivity contribution in [2.45, 2.75) is 11.5 Å². The van der Waals surface area contributed by atoms with Gasteiger partial charge in [-0.1, -0.05) is 12.1 Å². The van der Waals surface area contributed by atoms with E-state index in [-0.39, 0.29) is 6.61 Å². The second-order valence-electron chi connectivity index (χ2n) is 2.22. The molecule has 1 unspecified atom stereocenters. The number of benzene rings is 1. The van der Waals surface area contributed by atoms with Gasteiger partial charge in [0.05, 0.1) is 23.0 Å². The molecule has 1 atom stereocenters. The van der Waals surface area contributed by atoms with Gasteiger partial charge in [-0.2, -0.15) is 0 Å². The van der Waals surface area contributed by atoms with Gasteiger partial charge in [-0.15, -0.1) is 0 Å². The number of aliphatic hydroxyl groups excluding tert-OH is 1. The summed E-state index contributed by atoms with van der Waals surface area (Å²) in [4.78, 5) is 0.585. The fourth-order valence-electron chi connectivity index (χ4n) is 0.797. The van der Waals surface area contributed by atoms with E-state index in [0.717, 1.165) is 11.1 Å². The Morgan fingerprint density at radius 2 is 2.00 bits per heavy atom. The van der Waals surface area contributed by atoms with Gasteiger partial charge in [0.2, 0.25) is 0 Å². The van der Waals surface area contributed by atoms with Gasteiger partial charge in [0.1, 0.15) is 0 Å². The average Bonchev–Trinajstić information content (AvgIpc) is 2.17. The van der Waals surface area contributed by atoms with Gasteiger partial charge in [0.15, 0.2) is 0 Å². The van der Waals surface area contributed by atoms with E-state index in [2.05, 4.69) is 0 Å². The third kappa shape index (κ3) is 1.99. The van der Waals surface area contributed by atoms with Crippen molar-refractivity contribution in [3.8, 4) is 0 Å². The minimum atomic E-state index is -1.34. The lowest BCUT2D eigenvalue weighted by Gasteiger charge is -1.97. The zero-order valence-electron chi connectivity index (χ0n) is 6.36. The number of rotatable bonds is 3. The van der Waals surface area contributed by atoms with Crippen molar-refractivity contribution in [3.05, 3.63) is 29.8 Å². The molecule has 0 radical (unpaired) electrons.